The van der Waals surface area contributed by atoms with Gasteiger partial charge in [0.25, 0.3) is 5.91 Å². The second kappa shape index (κ2) is 11.5. The van der Waals surface area contributed by atoms with Crippen LogP contribution in [0.4, 0.5) is 5.82 Å². The number of benzene rings is 4. The van der Waals surface area contributed by atoms with Crippen molar-refractivity contribution in [1.29, 1.82) is 0 Å². The topological polar surface area (TPSA) is 112 Å². The van der Waals surface area contributed by atoms with E-state index in [4.69, 9.17) is 14.2 Å². The van der Waals surface area contributed by atoms with Crippen LogP contribution in [0.5, 0.6) is 11.5 Å². The highest BCUT2D eigenvalue weighted by molar-refractivity contribution is 6.03. The van der Waals surface area contributed by atoms with Gasteiger partial charge in [0, 0.05) is 29.3 Å². The van der Waals surface area contributed by atoms with Gasteiger partial charge in [0.15, 0.2) is 5.60 Å². The lowest BCUT2D eigenvalue weighted by Gasteiger charge is -2.41. The van der Waals surface area contributed by atoms with E-state index in [1.807, 2.05) is 84.9 Å². The summed E-state index contributed by atoms with van der Waals surface area (Å²) in [5.41, 5.74) is 1.38. The Bertz CT molecular complexity index is 1810. The summed E-state index contributed by atoms with van der Waals surface area (Å²) in [4.78, 5) is 29.5. The van der Waals surface area contributed by atoms with Crippen LogP contribution in [0, 0.1) is 0 Å². The molecule has 220 valence electrons. The molecule has 0 radical (unpaired) electrons. The number of amides is 1. The van der Waals surface area contributed by atoms with E-state index in [2.05, 4.69) is 10.3 Å². The number of anilines is 1. The van der Waals surface area contributed by atoms with Crippen LogP contribution >= 0.6 is 0 Å². The molecule has 7 rings (SSSR count). The number of rotatable bonds is 7. The van der Waals surface area contributed by atoms with E-state index in [0.717, 1.165) is 16.7 Å². The number of para-hydroxylation sites is 2. The SMILES string of the molecule is O=C(Nc1ccn([C@H]2C[C@H](O)C(COC3(c4ccccc4)c4ccccc4Oc4ccccc43)O2)c(=O)n1)c1ccccc1. The van der Waals surface area contributed by atoms with Gasteiger partial charge in [-0.3, -0.25) is 9.36 Å². The van der Waals surface area contributed by atoms with Crippen molar-refractivity contribution in [3.8, 4) is 11.5 Å². The van der Waals surface area contributed by atoms with Crippen LogP contribution in [0.1, 0.15) is 39.7 Å². The Morgan fingerprint density at radius 1 is 0.886 bits per heavy atom. The van der Waals surface area contributed by atoms with Gasteiger partial charge in [0.05, 0.1) is 12.7 Å². The monoisotopic (exact) mass is 587 g/mol. The molecule has 9 heteroatoms. The number of aromatic nitrogens is 2. The fraction of sp³-hybridized carbons (Fsp3) is 0.171. The number of carbonyl (C=O) groups excluding carboxylic acids is 1. The molecule has 1 aromatic heterocycles. The molecule has 9 nitrogen and oxygen atoms in total. The predicted octanol–water partition coefficient (Wildman–Crippen LogP) is 5.26. The van der Waals surface area contributed by atoms with Gasteiger partial charge in [-0.2, -0.15) is 4.98 Å². The predicted molar refractivity (Wildman–Crippen MR) is 163 cm³/mol. The van der Waals surface area contributed by atoms with Crippen LogP contribution in [-0.4, -0.2) is 39.4 Å². The summed E-state index contributed by atoms with van der Waals surface area (Å²) in [5.74, 6) is 1.11. The molecule has 3 atom stereocenters. The van der Waals surface area contributed by atoms with E-state index in [9.17, 15) is 14.7 Å². The average Bonchev–Trinajstić information content (AvgIpc) is 3.43. The van der Waals surface area contributed by atoms with Crippen LogP contribution in [0.25, 0.3) is 0 Å². The van der Waals surface area contributed by atoms with Crippen molar-refractivity contribution in [2.24, 2.45) is 0 Å². The molecule has 0 spiro atoms. The lowest BCUT2D eigenvalue weighted by atomic mass is 9.77. The van der Waals surface area contributed by atoms with Gasteiger partial charge in [-0.1, -0.05) is 84.9 Å². The Morgan fingerprint density at radius 3 is 2.16 bits per heavy atom. The number of carbonyl (C=O) groups is 1. The minimum absolute atomic E-state index is 0.0304. The Kier molecular flexibility index (Phi) is 7.27. The number of fused-ring (bicyclic) bond motifs is 2. The molecule has 1 fully saturated rings. The molecule has 2 N–H and O–H groups in total. The van der Waals surface area contributed by atoms with E-state index < -0.39 is 29.7 Å². The summed E-state index contributed by atoms with van der Waals surface area (Å²) in [7, 11) is 0. The van der Waals surface area contributed by atoms with E-state index in [0.29, 0.717) is 17.1 Å². The lowest BCUT2D eigenvalue weighted by Crippen LogP contribution is -2.39. The Hall–Kier alpha value is -5.09. The molecule has 2 aliphatic rings. The summed E-state index contributed by atoms with van der Waals surface area (Å²) in [5, 5.41) is 13.7. The second-order valence-electron chi connectivity index (χ2n) is 10.7. The first-order chi connectivity index (χ1) is 21.5. The highest BCUT2D eigenvalue weighted by atomic mass is 16.6. The quantitative estimate of drug-likeness (QED) is 0.267. The number of aliphatic hydroxyl groups is 1. The Morgan fingerprint density at radius 2 is 1.50 bits per heavy atom. The van der Waals surface area contributed by atoms with Gasteiger partial charge in [0.1, 0.15) is 29.6 Å². The molecule has 1 saturated heterocycles. The minimum Gasteiger partial charge on any atom is -0.457 e. The maximum absolute atomic E-state index is 13.0. The normalized spacial score (nSPS) is 19.8. The summed E-state index contributed by atoms with van der Waals surface area (Å²) in [6.07, 6.45) is -0.721. The molecular formula is C35H29N3O6. The van der Waals surface area contributed by atoms with Crippen LogP contribution in [-0.2, 0) is 15.1 Å². The molecule has 0 saturated carbocycles. The molecule has 44 heavy (non-hydrogen) atoms. The fourth-order valence-corrected chi connectivity index (χ4v) is 5.90. The number of hydrogen-bond donors (Lipinski definition) is 2. The molecule has 0 bridgehead atoms. The summed E-state index contributed by atoms with van der Waals surface area (Å²) >= 11 is 0. The molecule has 2 aliphatic heterocycles. The van der Waals surface area contributed by atoms with Crippen molar-refractivity contribution < 1.29 is 24.1 Å². The van der Waals surface area contributed by atoms with Crippen molar-refractivity contribution in [2.45, 2.75) is 30.5 Å². The Labute approximate surface area is 253 Å². The van der Waals surface area contributed by atoms with Crippen molar-refractivity contribution in [3.63, 3.8) is 0 Å². The number of nitrogens with zero attached hydrogens (tertiary/aromatic N) is 2. The number of hydrogen-bond acceptors (Lipinski definition) is 7. The minimum atomic E-state index is -1.04. The largest absolute Gasteiger partial charge is 0.457 e. The number of nitrogens with one attached hydrogen (secondary N) is 1. The zero-order valence-corrected chi connectivity index (χ0v) is 23.6. The third-order valence-electron chi connectivity index (χ3n) is 8.02. The van der Waals surface area contributed by atoms with Crippen molar-refractivity contribution in [2.75, 3.05) is 11.9 Å². The molecule has 3 heterocycles. The van der Waals surface area contributed by atoms with Gasteiger partial charge in [-0.15, -0.1) is 0 Å². The maximum atomic E-state index is 13.0. The van der Waals surface area contributed by atoms with Gasteiger partial charge in [-0.25, -0.2) is 4.79 Å². The first kappa shape index (κ1) is 27.7. The van der Waals surface area contributed by atoms with Crippen molar-refractivity contribution >= 4 is 11.7 Å². The molecule has 0 aliphatic carbocycles. The van der Waals surface area contributed by atoms with Crippen molar-refractivity contribution in [1.82, 2.24) is 9.55 Å². The van der Waals surface area contributed by atoms with E-state index in [-0.39, 0.29) is 24.8 Å². The van der Waals surface area contributed by atoms with E-state index in [1.54, 1.807) is 24.3 Å². The Balaban J connectivity index is 1.14. The van der Waals surface area contributed by atoms with Crippen LogP contribution in [0.15, 0.2) is 126 Å². The summed E-state index contributed by atoms with van der Waals surface area (Å²) in [6, 6.07) is 35.6. The molecule has 5 aromatic rings. The average molecular weight is 588 g/mol. The van der Waals surface area contributed by atoms with Gasteiger partial charge in [-0.05, 0) is 35.9 Å². The van der Waals surface area contributed by atoms with E-state index in [1.165, 1.54) is 16.8 Å². The van der Waals surface area contributed by atoms with Gasteiger partial charge >= 0.3 is 5.69 Å². The number of ether oxygens (including phenoxy) is 3. The zero-order valence-electron chi connectivity index (χ0n) is 23.6. The second-order valence-corrected chi connectivity index (χ2v) is 10.7. The standard InChI is InChI=1S/C35H29N3O6/c39-27-21-32(38-20-19-31(37-34(38)41)36-33(40)23-11-3-1-4-12-23)44-30(27)22-42-35(24-13-5-2-6-14-24)25-15-7-9-17-28(25)43-29-18-10-8-16-26(29)35/h1-20,27,30,32,39H,21-22H2,(H,36,37,40,41)/t27-,30?,32+/m0/s1. The van der Waals surface area contributed by atoms with Crippen LogP contribution in [0.3, 0.4) is 0 Å². The summed E-state index contributed by atoms with van der Waals surface area (Å²) < 4.78 is 20.7. The molecule has 1 unspecified atom stereocenters. The molecule has 1 amide bonds. The highest BCUT2D eigenvalue weighted by Crippen LogP contribution is 2.52. The molecular weight excluding hydrogens is 558 g/mol. The summed E-state index contributed by atoms with van der Waals surface area (Å²) in [6.45, 7) is 0.0304. The lowest BCUT2D eigenvalue weighted by molar-refractivity contribution is -0.0960. The first-order valence-electron chi connectivity index (χ1n) is 14.4. The van der Waals surface area contributed by atoms with Gasteiger partial charge < -0.3 is 24.6 Å². The number of aliphatic hydroxyl groups excluding tert-OH is 1. The smallest absolute Gasteiger partial charge is 0.351 e. The molecule has 4 aromatic carbocycles. The van der Waals surface area contributed by atoms with Crippen molar-refractivity contribution in [3.05, 3.63) is 154 Å². The maximum Gasteiger partial charge on any atom is 0.351 e. The van der Waals surface area contributed by atoms with Crippen LogP contribution in [0.2, 0.25) is 0 Å². The first-order valence-corrected chi connectivity index (χ1v) is 14.4. The van der Waals surface area contributed by atoms with E-state index >= 15 is 0 Å². The fourth-order valence-electron chi connectivity index (χ4n) is 5.90. The zero-order chi connectivity index (χ0) is 30.1. The van der Waals surface area contributed by atoms with Crippen LogP contribution < -0.4 is 15.7 Å². The van der Waals surface area contributed by atoms with Gasteiger partial charge in [0.2, 0.25) is 0 Å². The third kappa shape index (κ3) is 4.97. The highest BCUT2D eigenvalue weighted by Gasteiger charge is 2.46. The third-order valence-corrected chi connectivity index (χ3v) is 8.02.